The Morgan fingerprint density at radius 2 is 1.93 bits per heavy atom. The molecule has 2 aromatic heterocycles. The molecule has 2 heterocycles. The van der Waals surface area contributed by atoms with Crippen molar-refractivity contribution < 1.29 is 9.21 Å². The lowest BCUT2D eigenvalue weighted by molar-refractivity contribution is -0.120. The van der Waals surface area contributed by atoms with E-state index in [9.17, 15) is 4.79 Å². The van der Waals surface area contributed by atoms with Gasteiger partial charge in [0.1, 0.15) is 0 Å². The maximum absolute atomic E-state index is 12.3. The molecule has 0 spiro atoms. The molecule has 1 amide bonds. The Kier molecular flexibility index (Phi) is 5.43. The van der Waals surface area contributed by atoms with Crippen molar-refractivity contribution in [2.75, 3.05) is 6.54 Å². The van der Waals surface area contributed by atoms with Gasteiger partial charge in [-0.25, -0.2) is 0 Å². The number of amides is 1. The van der Waals surface area contributed by atoms with E-state index in [0.29, 0.717) is 17.7 Å². The van der Waals surface area contributed by atoms with Crippen molar-refractivity contribution >= 4 is 28.6 Å². The van der Waals surface area contributed by atoms with E-state index in [0.717, 1.165) is 22.9 Å². The molecular weight excluding hydrogens is 372 g/mol. The minimum absolute atomic E-state index is 0.0484. The number of nitrogens with zero attached hydrogens (tertiary/aromatic N) is 2. The summed E-state index contributed by atoms with van der Waals surface area (Å²) in [5.41, 5.74) is 3.06. The number of carbonyl (C=O) groups excluding carboxylic acids is 1. The third kappa shape index (κ3) is 4.09. The van der Waals surface area contributed by atoms with Crippen molar-refractivity contribution in [2.45, 2.75) is 23.8 Å². The van der Waals surface area contributed by atoms with Crippen molar-refractivity contribution in [1.29, 1.82) is 0 Å². The van der Waals surface area contributed by atoms with Crippen LogP contribution in [-0.2, 0) is 11.2 Å². The van der Waals surface area contributed by atoms with E-state index in [4.69, 9.17) is 4.42 Å². The smallest absolute Gasteiger partial charge is 0.277 e. The number of aromatic amines is 1. The first-order valence-electron chi connectivity index (χ1n) is 9.09. The van der Waals surface area contributed by atoms with Crippen LogP contribution >= 0.6 is 11.8 Å². The number of para-hydroxylation sites is 1. The van der Waals surface area contributed by atoms with E-state index in [1.54, 1.807) is 0 Å². The fraction of sp³-hybridized carbons (Fsp3) is 0.190. The number of carbonyl (C=O) groups is 1. The third-order valence-corrected chi connectivity index (χ3v) is 5.36. The van der Waals surface area contributed by atoms with Crippen LogP contribution in [0.1, 0.15) is 12.5 Å². The van der Waals surface area contributed by atoms with E-state index in [2.05, 4.69) is 32.6 Å². The van der Waals surface area contributed by atoms with Gasteiger partial charge in [0.2, 0.25) is 5.91 Å². The molecule has 4 aromatic rings. The van der Waals surface area contributed by atoms with Crippen LogP contribution in [0.2, 0.25) is 0 Å². The molecule has 0 saturated heterocycles. The quantitative estimate of drug-likeness (QED) is 0.464. The minimum Gasteiger partial charge on any atom is -0.411 e. The average Bonchev–Trinajstić information content (AvgIpc) is 3.35. The molecule has 0 aliphatic heterocycles. The van der Waals surface area contributed by atoms with E-state index in [1.165, 1.54) is 17.3 Å². The monoisotopic (exact) mass is 392 g/mol. The lowest BCUT2D eigenvalue weighted by atomic mass is 10.1. The molecule has 4 rings (SSSR count). The fourth-order valence-corrected chi connectivity index (χ4v) is 3.65. The fourth-order valence-electron chi connectivity index (χ4n) is 2.94. The summed E-state index contributed by atoms with van der Waals surface area (Å²) in [6, 6.07) is 18.0. The van der Waals surface area contributed by atoms with Gasteiger partial charge in [-0.15, -0.1) is 10.2 Å². The number of hydrogen-bond donors (Lipinski definition) is 2. The van der Waals surface area contributed by atoms with Gasteiger partial charge < -0.3 is 14.7 Å². The standard InChI is InChI=1S/C21H20N4O2S/c1-14(19(26)22-12-11-15-7-3-2-4-8-15)28-21-25-24-20(27-21)17-13-23-18-10-6-5-9-16(17)18/h2-10,13-14,23H,11-12H2,1H3,(H,22,26). The summed E-state index contributed by atoms with van der Waals surface area (Å²) in [6.45, 7) is 2.43. The van der Waals surface area contributed by atoms with Crippen molar-refractivity contribution in [1.82, 2.24) is 20.5 Å². The topological polar surface area (TPSA) is 83.8 Å². The second-order valence-corrected chi connectivity index (χ2v) is 7.70. The second kappa shape index (κ2) is 8.31. The second-order valence-electron chi connectivity index (χ2n) is 6.41. The maximum Gasteiger partial charge on any atom is 0.277 e. The highest BCUT2D eigenvalue weighted by Gasteiger charge is 2.19. The van der Waals surface area contributed by atoms with Gasteiger partial charge in [-0.05, 0) is 25.0 Å². The molecular formula is C21H20N4O2S. The Hall–Kier alpha value is -3.06. The zero-order valence-corrected chi connectivity index (χ0v) is 16.2. The summed E-state index contributed by atoms with van der Waals surface area (Å²) in [7, 11) is 0. The molecule has 7 heteroatoms. The Labute approximate surface area is 166 Å². The normalized spacial score (nSPS) is 12.2. The molecule has 1 unspecified atom stereocenters. The van der Waals surface area contributed by atoms with E-state index < -0.39 is 0 Å². The first-order chi connectivity index (χ1) is 13.7. The lowest BCUT2D eigenvalue weighted by Crippen LogP contribution is -2.32. The van der Waals surface area contributed by atoms with Crippen molar-refractivity contribution in [3.8, 4) is 11.5 Å². The maximum atomic E-state index is 12.3. The lowest BCUT2D eigenvalue weighted by Gasteiger charge is -2.09. The number of rotatable bonds is 7. The summed E-state index contributed by atoms with van der Waals surface area (Å²) in [5, 5.41) is 12.2. The van der Waals surface area contributed by atoms with E-state index in [-0.39, 0.29) is 11.2 Å². The van der Waals surface area contributed by atoms with Gasteiger partial charge >= 0.3 is 0 Å². The number of aromatic nitrogens is 3. The van der Waals surface area contributed by atoms with E-state index >= 15 is 0 Å². The highest BCUT2D eigenvalue weighted by Crippen LogP contribution is 2.30. The minimum atomic E-state index is -0.327. The van der Waals surface area contributed by atoms with Crippen LogP contribution < -0.4 is 5.32 Å². The van der Waals surface area contributed by atoms with Crippen LogP contribution in [0.25, 0.3) is 22.4 Å². The molecule has 6 nitrogen and oxygen atoms in total. The molecule has 0 aliphatic carbocycles. The SMILES string of the molecule is CC(Sc1nnc(-c2c[nH]c3ccccc23)o1)C(=O)NCCc1ccccc1. The van der Waals surface area contributed by atoms with Crippen LogP contribution in [0, 0.1) is 0 Å². The molecule has 142 valence electrons. The molecule has 2 aromatic carbocycles. The first-order valence-corrected chi connectivity index (χ1v) is 9.97. The van der Waals surface area contributed by atoms with Crippen LogP contribution in [0.15, 0.2) is 70.4 Å². The highest BCUT2D eigenvalue weighted by atomic mass is 32.2. The van der Waals surface area contributed by atoms with Crippen LogP contribution in [0.4, 0.5) is 0 Å². The van der Waals surface area contributed by atoms with Gasteiger partial charge in [-0.2, -0.15) is 0 Å². The van der Waals surface area contributed by atoms with Crippen molar-refractivity contribution in [3.63, 3.8) is 0 Å². The van der Waals surface area contributed by atoms with Crippen LogP contribution in [0.3, 0.4) is 0 Å². The number of H-pyrrole nitrogens is 1. The summed E-state index contributed by atoms with van der Waals surface area (Å²) >= 11 is 1.26. The zero-order chi connectivity index (χ0) is 19.3. The van der Waals surface area contributed by atoms with Gasteiger partial charge in [0.25, 0.3) is 11.1 Å². The molecule has 0 aliphatic rings. The Morgan fingerprint density at radius 1 is 1.14 bits per heavy atom. The predicted octanol–water partition coefficient (Wildman–Crippen LogP) is 4.06. The number of nitrogens with one attached hydrogen (secondary N) is 2. The Bertz CT molecular complexity index is 1070. The Morgan fingerprint density at radius 3 is 2.79 bits per heavy atom. The zero-order valence-electron chi connectivity index (χ0n) is 15.4. The van der Waals surface area contributed by atoms with Crippen molar-refractivity contribution in [3.05, 3.63) is 66.4 Å². The first kappa shape index (κ1) is 18.3. The number of fused-ring (bicyclic) bond motifs is 1. The molecule has 0 saturated carbocycles. The van der Waals surface area contributed by atoms with Crippen LogP contribution in [-0.4, -0.2) is 32.9 Å². The van der Waals surface area contributed by atoms with Gasteiger partial charge in [0, 0.05) is 23.6 Å². The molecule has 28 heavy (non-hydrogen) atoms. The molecule has 0 bridgehead atoms. The predicted molar refractivity (Wildman–Crippen MR) is 110 cm³/mol. The molecule has 0 radical (unpaired) electrons. The highest BCUT2D eigenvalue weighted by molar-refractivity contribution is 8.00. The van der Waals surface area contributed by atoms with Gasteiger partial charge in [-0.3, -0.25) is 4.79 Å². The third-order valence-electron chi connectivity index (χ3n) is 4.43. The van der Waals surface area contributed by atoms with Gasteiger partial charge in [0.15, 0.2) is 0 Å². The Balaban J connectivity index is 1.35. The molecule has 1 atom stereocenters. The molecule has 0 fully saturated rings. The van der Waals surface area contributed by atoms with Gasteiger partial charge in [0.05, 0.1) is 10.8 Å². The van der Waals surface area contributed by atoms with Crippen molar-refractivity contribution in [2.24, 2.45) is 0 Å². The largest absolute Gasteiger partial charge is 0.411 e. The summed E-state index contributed by atoms with van der Waals surface area (Å²) in [5.74, 6) is 0.393. The number of thioether (sulfide) groups is 1. The summed E-state index contributed by atoms with van der Waals surface area (Å²) in [6.07, 6.45) is 2.65. The van der Waals surface area contributed by atoms with E-state index in [1.807, 2.05) is 55.6 Å². The van der Waals surface area contributed by atoms with Gasteiger partial charge in [-0.1, -0.05) is 60.3 Å². The number of benzene rings is 2. The summed E-state index contributed by atoms with van der Waals surface area (Å²) in [4.78, 5) is 15.5. The number of hydrogen-bond acceptors (Lipinski definition) is 5. The molecule has 2 N–H and O–H groups in total. The average molecular weight is 392 g/mol. The summed E-state index contributed by atoms with van der Waals surface area (Å²) < 4.78 is 5.77. The van der Waals surface area contributed by atoms with Crippen LogP contribution in [0.5, 0.6) is 0 Å².